The molecule has 2 aromatic rings. The molecule has 2 aromatic carbocycles. The van der Waals surface area contributed by atoms with Crippen LogP contribution in [0.25, 0.3) is 0 Å². The molecule has 0 aliphatic carbocycles. The number of carbonyl (C=O) groups excluding carboxylic acids is 3. The minimum atomic E-state index is -5.00. The average molecular weight is 642 g/mol. The van der Waals surface area contributed by atoms with Gasteiger partial charge in [-0.1, -0.05) is 24.3 Å². The molecule has 0 bridgehead atoms. The molecule has 2 aliphatic rings. The topological polar surface area (TPSA) is 70.2 Å². The molecule has 0 radical (unpaired) electrons. The van der Waals surface area contributed by atoms with Crippen molar-refractivity contribution in [1.29, 1.82) is 0 Å². The summed E-state index contributed by atoms with van der Waals surface area (Å²) in [6, 6.07) is 8.74. The highest BCUT2D eigenvalue weighted by Gasteiger charge is 2.41. The normalized spacial score (nSPS) is 19.8. The summed E-state index contributed by atoms with van der Waals surface area (Å²) in [7, 11) is 1.36. The van der Waals surface area contributed by atoms with Gasteiger partial charge in [0, 0.05) is 57.5 Å². The lowest BCUT2D eigenvalue weighted by Crippen LogP contribution is -2.50. The van der Waals surface area contributed by atoms with Crippen molar-refractivity contribution in [2.75, 3.05) is 39.8 Å². The molecule has 2 atom stereocenters. The summed E-state index contributed by atoms with van der Waals surface area (Å²) in [6.45, 7) is 4.69. The first-order valence-corrected chi connectivity index (χ1v) is 14.9. The van der Waals surface area contributed by atoms with Crippen LogP contribution in [-0.2, 0) is 33.2 Å². The van der Waals surface area contributed by atoms with Crippen LogP contribution in [0.4, 0.5) is 31.1 Å². The van der Waals surface area contributed by atoms with Crippen LogP contribution in [0, 0.1) is 18.8 Å². The highest BCUT2D eigenvalue weighted by atomic mass is 19.4. The number of hydrogen-bond donors (Lipinski definition) is 0. The van der Waals surface area contributed by atoms with Gasteiger partial charge in [0.05, 0.1) is 17.7 Å². The number of aryl methyl sites for hydroxylation is 1. The van der Waals surface area contributed by atoms with E-state index in [0.717, 1.165) is 16.0 Å². The summed E-state index contributed by atoms with van der Waals surface area (Å²) in [5.74, 6) is -1.89. The third-order valence-electron chi connectivity index (χ3n) is 8.64. The van der Waals surface area contributed by atoms with E-state index in [9.17, 15) is 40.7 Å². The largest absolute Gasteiger partial charge is 0.450 e. The van der Waals surface area contributed by atoms with Crippen LogP contribution < -0.4 is 0 Å². The van der Waals surface area contributed by atoms with Crippen LogP contribution >= 0.6 is 0 Å². The quantitative estimate of drug-likeness (QED) is 0.338. The number of amides is 3. The van der Waals surface area contributed by atoms with Crippen molar-refractivity contribution in [3.05, 3.63) is 70.3 Å². The maximum atomic E-state index is 13.8. The lowest BCUT2D eigenvalue weighted by molar-refractivity contribution is -0.144. The number of rotatable bonds is 6. The van der Waals surface area contributed by atoms with Crippen molar-refractivity contribution in [1.82, 2.24) is 14.7 Å². The Labute approximate surface area is 258 Å². The zero-order valence-electron chi connectivity index (χ0n) is 25.4. The Bertz CT molecular complexity index is 1360. The van der Waals surface area contributed by atoms with Gasteiger partial charge in [-0.25, -0.2) is 4.79 Å². The molecule has 13 heteroatoms. The van der Waals surface area contributed by atoms with Gasteiger partial charge in [0.15, 0.2) is 0 Å². The number of benzene rings is 2. The number of hydrogen-bond acceptors (Lipinski definition) is 4. The fourth-order valence-corrected chi connectivity index (χ4v) is 6.29. The number of ether oxygens (including phenoxy) is 1. The molecule has 2 saturated heterocycles. The molecule has 7 nitrogen and oxygen atoms in total. The maximum Gasteiger partial charge on any atom is 0.416 e. The Kier molecular flexibility index (Phi) is 10.4. The van der Waals surface area contributed by atoms with Crippen molar-refractivity contribution in [3.8, 4) is 0 Å². The smallest absolute Gasteiger partial charge is 0.416 e. The van der Waals surface area contributed by atoms with Gasteiger partial charge in [-0.15, -0.1) is 0 Å². The fraction of sp³-hybridized carbons (Fsp3) is 0.531. The van der Waals surface area contributed by atoms with Gasteiger partial charge in [0.25, 0.3) is 0 Å². The molecule has 0 N–H and O–H groups in total. The molecule has 2 fully saturated rings. The zero-order valence-corrected chi connectivity index (χ0v) is 25.4. The summed E-state index contributed by atoms with van der Waals surface area (Å²) < 4.78 is 85.6. The number of halogens is 6. The van der Waals surface area contributed by atoms with E-state index in [4.69, 9.17) is 4.74 Å². The number of piperidine rings is 2. The summed E-state index contributed by atoms with van der Waals surface area (Å²) >= 11 is 0. The molecular formula is C32H37F6N3O4. The second-order valence-corrected chi connectivity index (χ2v) is 11.7. The molecule has 3 amide bonds. The Morgan fingerprint density at radius 2 is 1.47 bits per heavy atom. The van der Waals surface area contributed by atoms with Gasteiger partial charge in [0.1, 0.15) is 0 Å². The molecule has 2 aliphatic heterocycles. The molecule has 246 valence electrons. The third kappa shape index (κ3) is 8.09. The van der Waals surface area contributed by atoms with E-state index in [2.05, 4.69) is 0 Å². The number of alkyl halides is 6. The molecule has 0 saturated carbocycles. The monoisotopic (exact) mass is 641 g/mol. The van der Waals surface area contributed by atoms with E-state index in [1.807, 2.05) is 31.2 Å². The van der Waals surface area contributed by atoms with Gasteiger partial charge in [0.2, 0.25) is 11.8 Å². The highest BCUT2D eigenvalue weighted by Crippen LogP contribution is 2.39. The minimum Gasteiger partial charge on any atom is -0.450 e. The van der Waals surface area contributed by atoms with Crippen molar-refractivity contribution in [2.24, 2.45) is 11.8 Å². The predicted octanol–water partition coefficient (Wildman–Crippen LogP) is 6.49. The van der Waals surface area contributed by atoms with Crippen LogP contribution in [0.1, 0.15) is 59.9 Å². The third-order valence-corrected chi connectivity index (χ3v) is 8.64. The number of likely N-dealkylation sites (tertiary alicyclic amines) is 2. The van der Waals surface area contributed by atoms with E-state index in [1.165, 1.54) is 7.05 Å². The summed E-state index contributed by atoms with van der Waals surface area (Å²) in [4.78, 5) is 44.0. The first kappa shape index (κ1) is 34.1. The van der Waals surface area contributed by atoms with Crippen LogP contribution in [0.5, 0.6) is 0 Å². The Morgan fingerprint density at radius 3 is 2.02 bits per heavy atom. The molecule has 2 unspecified atom stereocenters. The Balaban J connectivity index is 1.53. The summed E-state index contributed by atoms with van der Waals surface area (Å²) in [5, 5.41) is 0. The predicted molar refractivity (Wildman–Crippen MR) is 153 cm³/mol. The van der Waals surface area contributed by atoms with Crippen LogP contribution in [0.15, 0.2) is 42.5 Å². The van der Waals surface area contributed by atoms with Crippen LogP contribution in [-0.4, -0.2) is 72.4 Å². The number of nitrogens with zero attached hydrogens (tertiary/aromatic N) is 3. The SMILES string of the molecule is CCOC(=O)N1CCC(C(=O)N2CCC(C(=O)N(C)Cc3cc(C(F)(F)F)cc(C(F)(F)F)c3)C(c3ccccc3C)C2)CC1. The summed E-state index contributed by atoms with van der Waals surface area (Å²) in [6.07, 6.45) is -9.18. The minimum absolute atomic E-state index is 0.0624. The first-order valence-electron chi connectivity index (χ1n) is 14.9. The highest BCUT2D eigenvalue weighted by molar-refractivity contribution is 5.82. The van der Waals surface area contributed by atoms with E-state index in [1.54, 1.807) is 16.7 Å². The Hall–Kier alpha value is -3.77. The fourth-order valence-electron chi connectivity index (χ4n) is 6.29. The maximum absolute atomic E-state index is 13.8. The molecule has 2 heterocycles. The van der Waals surface area contributed by atoms with E-state index in [-0.39, 0.29) is 49.6 Å². The van der Waals surface area contributed by atoms with E-state index in [0.29, 0.717) is 38.1 Å². The van der Waals surface area contributed by atoms with E-state index < -0.39 is 53.9 Å². The van der Waals surface area contributed by atoms with Crippen molar-refractivity contribution in [3.63, 3.8) is 0 Å². The lowest BCUT2D eigenvalue weighted by atomic mass is 9.77. The zero-order chi connectivity index (χ0) is 33.1. The van der Waals surface area contributed by atoms with Gasteiger partial charge in [-0.05, 0) is 68.0 Å². The van der Waals surface area contributed by atoms with Gasteiger partial charge in [-0.3, -0.25) is 9.59 Å². The first-order chi connectivity index (χ1) is 21.1. The molecule has 45 heavy (non-hydrogen) atoms. The van der Waals surface area contributed by atoms with Crippen LogP contribution in [0.2, 0.25) is 0 Å². The molecular weight excluding hydrogens is 604 g/mol. The lowest BCUT2D eigenvalue weighted by Gasteiger charge is -2.42. The molecule has 0 spiro atoms. The average Bonchev–Trinajstić information content (AvgIpc) is 2.99. The summed E-state index contributed by atoms with van der Waals surface area (Å²) in [5.41, 5.74) is -1.43. The van der Waals surface area contributed by atoms with E-state index >= 15 is 0 Å². The second kappa shape index (κ2) is 13.7. The van der Waals surface area contributed by atoms with Gasteiger partial charge < -0.3 is 19.4 Å². The molecule has 0 aromatic heterocycles. The van der Waals surface area contributed by atoms with Gasteiger partial charge >= 0.3 is 18.4 Å². The van der Waals surface area contributed by atoms with Crippen LogP contribution in [0.3, 0.4) is 0 Å². The van der Waals surface area contributed by atoms with Crippen molar-refractivity contribution < 1.29 is 45.5 Å². The number of carbonyl (C=O) groups is 3. The van der Waals surface area contributed by atoms with Crippen molar-refractivity contribution >= 4 is 17.9 Å². The van der Waals surface area contributed by atoms with Crippen molar-refractivity contribution in [2.45, 2.75) is 57.9 Å². The molecule has 4 rings (SSSR count). The second-order valence-electron chi connectivity index (χ2n) is 11.7. The standard InChI is InChI=1S/C32H37F6N3O4/c1-4-45-30(44)40-12-9-22(10-13-40)28(42)41-14-11-26(27(19-41)25-8-6-5-7-20(25)2)29(43)39(3)18-21-15-23(31(33,34)35)17-24(16-21)32(36,37)38/h5-8,15-17,22,26-27H,4,9-14,18-19H2,1-3H3. The van der Waals surface area contributed by atoms with Gasteiger partial charge in [-0.2, -0.15) is 26.3 Å². The Morgan fingerprint density at radius 1 is 0.889 bits per heavy atom.